The fraction of sp³-hybridized carbons (Fsp3) is 0.176. The Bertz CT molecular complexity index is 702. The smallest absolute Gasteiger partial charge is 0.134 e. The minimum atomic E-state index is 0.222. The largest absolute Gasteiger partial charge is 0.464 e. The molecule has 0 aliphatic rings. The van der Waals surface area contributed by atoms with E-state index in [1.807, 2.05) is 43.6 Å². The monoisotopic (exact) mass is 285 g/mol. The molecule has 0 fully saturated rings. The van der Waals surface area contributed by atoms with Crippen LogP contribution in [0.25, 0.3) is 11.0 Å². The Morgan fingerprint density at radius 1 is 1.10 bits per heavy atom. The van der Waals surface area contributed by atoms with E-state index in [0.717, 1.165) is 17.0 Å². The molecule has 1 aromatic heterocycles. The molecular formula is C17H16ClNO. The van der Waals surface area contributed by atoms with Gasteiger partial charge in [-0.05, 0) is 37.2 Å². The Morgan fingerprint density at radius 3 is 2.60 bits per heavy atom. The van der Waals surface area contributed by atoms with Crippen molar-refractivity contribution in [2.45, 2.75) is 12.5 Å². The number of benzene rings is 2. The molecule has 0 amide bonds. The standard InChI is InChI=1S/C17H16ClNO/c1-19-16(10-12-6-8-13(18)9-7-12)15-11-20-17-5-3-2-4-14(15)17/h2-9,11,16,19H,10H2,1H3. The number of hydrogen-bond donors (Lipinski definition) is 1. The van der Waals surface area contributed by atoms with Crippen LogP contribution in [0, 0.1) is 0 Å². The van der Waals surface area contributed by atoms with Gasteiger partial charge < -0.3 is 9.73 Å². The van der Waals surface area contributed by atoms with Gasteiger partial charge in [0.2, 0.25) is 0 Å². The number of likely N-dealkylation sites (N-methyl/N-ethyl adjacent to an activating group) is 1. The van der Waals surface area contributed by atoms with E-state index in [0.29, 0.717) is 0 Å². The Labute approximate surface area is 123 Å². The Morgan fingerprint density at radius 2 is 1.85 bits per heavy atom. The van der Waals surface area contributed by atoms with Gasteiger partial charge in [-0.3, -0.25) is 0 Å². The summed E-state index contributed by atoms with van der Waals surface area (Å²) in [4.78, 5) is 0. The van der Waals surface area contributed by atoms with Gasteiger partial charge in [-0.25, -0.2) is 0 Å². The van der Waals surface area contributed by atoms with Gasteiger partial charge in [0.1, 0.15) is 5.58 Å². The van der Waals surface area contributed by atoms with Crippen molar-refractivity contribution in [3.63, 3.8) is 0 Å². The molecule has 0 saturated heterocycles. The highest BCUT2D eigenvalue weighted by Crippen LogP contribution is 2.28. The number of hydrogen-bond acceptors (Lipinski definition) is 2. The number of rotatable bonds is 4. The third-order valence-electron chi connectivity index (χ3n) is 3.59. The second-order valence-electron chi connectivity index (χ2n) is 4.86. The predicted octanol–water partition coefficient (Wildman–Crippen LogP) is 4.59. The average Bonchev–Trinajstić information content (AvgIpc) is 2.91. The van der Waals surface area contributed by atoms with Gasteiger partial charge in [-0.1, -0.05) is 41.9 Å². The summed E-state index contributed by atoms with van der Waals surface area (Å²) in [7, 11) is 1.97. The highest BCUT2D eigenvalue weighted by Gasteiger charge is 2.15. The lowest BCUT2D eigenvalue weighted by molar-refractivity contribution is 0.563. The van der Waals surface area contributed by atoms with Crippen LogP contribution in [-0.2, 0) is 6.42 Å². The molecule has 1 unspecified atom stereocenters. The van der Waals surface area contributed by atoms with Crippen molar-refractivity contribution in [1.29, 1.82) is 0 Å². The van der Waals surface area contributed by atoms with E-state index in [9.17, 15) is 0 Å². The summed E-state index contributed by atoms with van der Waals surface area (Å²) < 4.78 is 5.63. The van der Waals surface area contributed by atoms with Gasteiger partial charge >= 0.3 is 0 Å². The maximum Gasteiger partial charge on any atom is 0.134 e. The molecule has 0 spiro atoms. The number of fused-ring (bicyclic) bond motifs is 1. The van der Waals surface area contributed by atoms with E-state index < -0.39 is 0 Å². The molecule has 0 saturated carbocycles. The molecule has 2 aromatic carbocycles. The van der Waals surface area contributed by atoms with E-state index >= 15 is 0 Å². The van der Waals surface area contributed by atoms with Crippen LogP contribution in [0.1, 0.15) is 17.2 Å². The molecule has 3 heteroatoms. The minimum Gasteiger partial charge on any atom is -0.464 e. The summed E-state index contributed by atoms with van der Waals surface area (Å²) in [5.41, 5.74) is 3.37. The van der Waals surface area contributed by atoms with Crippen molar-refractivity contribution in [2.24, 2.45) is 0 Å². The molecule has 0 radical (unpaired) electrons. The van der Waals surface area contributed by atoms with Gasteiger partial charge in [0.05, 0.1) is 6.26 Å². The van der Waals surface area contributed by atoms with Crippen LogP contribution in [0.3, 0.4) is 0 Å². The first-order valence-electron chi connectivity index (χ1n) is 6.66. The first kappa shape index (κ1) is 13.2. The molecule has 20 heavy (non-hydrogen) atoms. The summed E-state index contributed by atoms with van der Waals surface area (Å²) >= 11 is 5.93. The second kappa shape index (κ2) is 5.70. The van der Waals surface area contributed by atoms with Crippen LogP contribution in [0.5, 0.6) is 0 Å². The maximum atomic E-state index is 5.93. The van der Waals surface area contributed by atoms with Crippen LogP contribution in [0.2, 0.25) is 5.02 Å². The van der Waals surface area contributed by atoms with Crippen molar-refractivity contribution >= 4 is 22.6 Å². The van der Waals surface area contributed by atoms with E-state index in [4.69, 9.17) is 16.0 Å². The van der Waals surface area contributed by atoms with Crippen molar-refractivity contribution < 1.29 is 4.42 Å². The van der Waals surface area contributed by atoms with Crippen molar-refractivity contribution in [1.82, 2.24) is 5.32 Å². The molecule has 1 heterocycles. The second-order valence-corrected chi connectivity index (χ2v) is 5.30. The Balaban J connectivity index is 1.91. The van der Waals surface area contributed by atoms with E-state index in [2.05, 4.69) is 23.5 Å². The molecule has 0 aliphatic heterocycles. The molecule has 2 nitrogen and oxygen atoms in total. The molecular weight excluding hydrogens is 270 g/mol. The fourth-order valence-corrected chi connectivity index (χ4v) is 2.62. The Hall–Kier alpha value is -1.77. The first-order chi connectivity index (χ1) is 9.78. The number of nitrogens with one attached hydrogen (secondary N) is 1. The molecule has 3 rings (SSSR count). The lowest BCUT2D eigenvalue weighted by Crippen LogP contribution is -2.18. The van der Waals surface area contributed by atoms with Gasteiger partial charge in [0.15, 0.2) is 0 Å². The SMILES string of the molecule is CNC(Cc1ccc(Cl)cc1)c1coc2ccccc12. The molecule has 0 aliphatic carbocycles. The minimum absolute atomic E-state index is 0.222. The summed E-state index contributed by atoms with van der Waals surface area (Å²) in [5.74, 6) is 0. The molecule has 102 valence electrons. The first-order valence-corrected chi connectivity index (χ1v) is 7.03. The average molecular weight is 286 g/mol. The van der Waals surface area contributed by atoms with Gasteiger partial charge in [-0.15, -0.1) is 0 Å². The van der Waals surface area contributed by atoms with Crippen LogP contribution in [0.15, 0.2) is 59.2 Å². The summed E-state index contributed by atoms with van der Waals surface area (Å²) in [6.07, 6.45) is 2.75. The zero-order valence-electron chi connectivity index (χ0n) is 11.3. The van der Waals surface area contributed by atoms with Crippen molar-refractivity contribution in [3.8, 4) is 0 Å². The van der Waals surface area contributed by atoms with Crippen LogP contribution < -0.4 is 5.32 Å². The third kappa shape index (κ3) is 2.58. The van der Waals surface area contributed by atoms with Gasteiger partial charge in [0.25, 0.3) is 0 Å². The zero-order valence-corrected chi connectivity index (χ0v) is 12.0. The number of para-hydroxylation sites is 1. The highest BCUT2D eigenvalue weighted by molar-refractivity contribution is 6.30. The number of halogens is 1. The van der Waals surface area contributed by atoms with E-state index in [1.165, 1.54) is 16.5 Å². The predicted molar refractivity (Wildman–Crippen MR) is 83.2 cm³/mol. The summed E-state index contributed by atoms with van der Waals surface area (Å²) in [6, 6.07) is 16.3. The zero-order chi connectivity index (χ0) is 13.9. The molecule has 3 aromatic rings. The number of furan rings is 1. The lowest BCUT2D eigenvalue weighted by atomic mass is 9.98. The molecule has 1 N–H and O–H groups in total. The summed E-state index contributed by atoms with van der Waals surface area (Å²) in [5, 5.41) is 5.30. The van der Waals surface area contributed by atoms with E-state index in [1.54, 1.807) is 0 Å². The van der Waals surface area contributed by atoms with Crippen LogP contribution in [0.4, 0.5) is 0 Å². The molecule has 0 bridgehead atoms. The van der Waals surface area contributed by atoms with Gasteiger partial charge in [-0.2, -0.15) is 0 Å². The normalized spacial score (nSPS) is 12.7. The lowest BCUT2D eigenvalue weighted by Gasteiger charge is -2.15. The van der Waals surface area contributed by atoms with Crippen molar-refractivity contribution in [2.75, 3.05) is 7.05 Å². The third-order valence-corrected chi connectivity index (χ3v) is 3.84. The van der Waals surface area contributed by atoms with E-state index in [-0.39, 0.29) is 6.04 Å². The van der Waals surface area contributed by atoms with Crippen molar-refractivity contribution in [3.05, 3.63) is 70.9 Å². The van der Waals surface area contributed by atoms with Crippen LogP contribution >= 0.6 is 11.6 Å². The fourth-order valence-electron chi connectivity index (χ4n) is 2.49. The molecule has 1 atom stereocenters. The Kier molecular flexibility index (Phi) is 3.77. The maximum absolute atomic E-state index is 5.93. The highest BCUT2D eigenvalue weighted by atomic mass is 35.5. The van der Waals surface area contributed by atoms with Gasteiger partial charge in [0, 0.05) is 22.0 Å². The quantitative estimate of drug-likeness (QED) is 0.758. The summed E-state index contributed by atoms with van der Waals surface area (Å²) in [6.45, 7) is 0. The topological polar surface area (TPSA) is 25.2 Å². The van der Waals surface area contributed by atoms with Crippen LogP contribution in [-0.4, -0.2) is 7.05 Å².